The van der Waals surface area contributed by atoms with Gasteiger partial charge < -0.3 is 0 Å². The summed E-state index contributed by atoms with van der Waals surface area (Å²) in [4.78, 5) is 0. The van der Waals surface area contributed by atoms with Crippen molar-refractivity contribution in [2.24, 2.45) is 0 Å². The van der Waals surface area contributed by atoms with Crippen LogP contribution in [0.25, 0.3) is 11.0 Å². The molecule has 3 aromatic rings. The third-order valence-corrected chi connectivity index (χ3v) is 6.07. The summed E-state index contributed by atoms with van der Waals surface area (Å²) in [6.07, 6.45) is 0.973. The van der Waals surface area contributed by atoms with Gasteiger partial charge in [0.2, 0.25) is 10.0 Å². The van der Waals surface area contributed by atoms with E-state index in [4.69, 9.17) is 0 Å². The zero-order chi connectivity index (χ0) is 17.9. The average Bonchev–Trinajstić information content (AvgIpc) is 3.04. The Kier molecular flexibility index (Phi) is 5.15. The van der Waals surface area contributed by atoms with Crippen molar-refractivity contribution < 1.29 is 8.42 Å². The second-order valence-corrected chi connectivity index (χ2v) is 8.24. The van der Waals surface area contributed by atoms with Gasteiger partial charge in [-0.1, -0.05) is 48.5 Å². The number of aryl methyl sites for hydroxylation is 2. The maximum Gasteiger partial charge on any atom is 0.215 e. The molecule has 6 nitrogen and oxygen atoms in total. The minimum Gasteiger partial charge on any atom is -0.244 e. The zero-order valence-electron chi connectivity index (χ0n) is 14.5. The number of fused-ring (bicyclic) bond motifs is 1. The molecule has 0 saturated heterocycles. The van der Waals surface area contributed by atoms with E-state index in [2.05, 4.69) is 17.2 Å². The summed E-state index contributed by atoms with van der Waals surface area (Å²) in [6, 6.07) is 15.6. The summed E-state index contributed by atoms with van der Waals surface area (Å²) >= 11 is 0. The summed E-state index contributed by atoms with van der Waals surface area (Å²) in [5.41, 5.74) is 3.83. The van der Waals surface area contributed by atoms with Crippen molar-refractivity contribution in [2.75, 3.05) is 12.8 Å². The van der Waals surface area contributed by atoms with Crippen molar-refractivity contribution in [3.63, 3.8) is 0 Å². The Morgan fingerprint density at radius 2 is 1.72 bits per heavy atom. The Bertz CT molecular complexity index is 949. The summed E-state index contributed by atoms with van der Waals surface area (Å²) in [5.74, 6) is -0.0100. The van der Waals surface area contributed by atoms with Gasteiger partial charge in [-0.2, -0.15) is 0 Å². The van der Waals surface area contributed by atoms with Crippen LogP contribution in [0.15, 0.2) is 48.5 Å². The van der Waals surface area contributed by atoms with Crippen LogP contribution < -0.4 is 0 Å². The quantitative estimate of drug-likeness (QED) is 0.651. The summed E-state index contributed by atoms with van der Waals surface area (Å²) in [7, 11) is -1.76. The summed E-state index contributed by atoms with van der Waals surface area (Å²) < 4.78 is 28.1. The largest absolute Gasteiger partial charge is 0.244 e. The third kappa shape index (κ3) is 4.05. The molecular formula is C18H22N4O2S. The van der Waals surface area contributed by atoms with Crippen LogP contribution in [-0.4, -0.2) is 40.5 Å². The predicted octanol–water partition coefficient (Wildman–Crippen LogP) is 2.46. The smallest absolute Gasteiger partial charge is 0.215 e. The Hall–Kier alpha value is -2.25. The molecule has 0 spiro atoms. The Labute approximate surface area is 148 Å². The summed E-state index contributed by atoms with van der Waals surface area (Å²) in [6.45, 7) is 2.74. The fourth-order valence-electron chi connectivity index (χ4n) is 2.68. The van der Waals surface area contributed by atoms with Crippen LogP contribution >= 0.6 is 0 Å². The number of para-hydroxylation sites is 1. The highest BCUT2D eigenvalue weighted by Crippen LogP contribution is 2.12. The van der Waals surface area contributed by atoms with Crippen LogP contribution in [-0.2, 0) is 29.5 Å². The van der Waals surface area contributed by atoms with Crippen LogP contribution in [0.2, 0.25) is 0 Å². The van der Waals surface area contributed by atoms with E-state index >= 15 is 0 Å². The molecule has 0 aliphatic carbocycles. The van der Waals surface area contributed by atoms with Gasteiger partial charge in [0, 0.05) is 13.6 Å². The third-order valence-electron chi connectivity index (χ3n) is 4.29. The first kappa shape index (κ1) is 17.6. The maximum atomic E-state index is 12.6. The number of rotatable bonds is 7. The average molecular weight is 358 g/mol. The number of hydrogen-bond donors (Lipinski definition) is 0. The van der Waals surface area contributed by atoms with E-state index in [1.54, 1.807) is 11.7 Å². The second kappa shape index (κ2) is 7.33. The van der Waals surface area contributed by atoms with Gasteiger partial charge >= 0.3 is 0 Å². The lowest BCUT2D eigenvalue weighted by molar-refractivity contribution is 0.461. The Morgan fingerprint density at radius 1 is 1.04 bits per heavy atom. The van der Waals surface area contributed by atoms with Crippen molar-refractivity contribution in [3.05, 3.63) is 59.7 Å². The predicted molar refractivity (Wildman–Crippen MR) is 98.6 cm³/mol. The Morgan fingerprint density at radius 3 is 2.44 bits per heavy atom. The lowest BCUT2D eigenvalue weighted by Gasteiger charge is -2.17. The van der Waals surface area contributed by atoms with Gasteiger partial charge in [0.15, 0.2) is 0 Å². The van der Waals surface area contributed by atoms with Gasteiger partial charge in [-0.25, -0.2) is 17.4 Å². The minimum atomic E-state index is -3.37. The monoisotopic (exact) mass is 358 g/mol. The first-order valence-corrected chi connectivity index (χ1v) is 9.90. The lowest BCUT2D eigenvalue weighted by Crippen LogP contribution is -2.30. The molecule has 132 valence electrons. The number of hydrogen-bond acceptors (Lipinski definition) is 4. The fraction of sp³-hybridized carbons (Fsp3) is 0.333. The molecule has 2 aromatic carbocycles. The van der Waals surface area contributed by atoms with Gasteiger partial charge in [-0.3, -0.25) is 0 Å². The Balaban J connectivity index is 1.66. The standard InChI is InChI=1S/C18H22N4O2S/c1-3-15-8-10-16(11-9-15)14-21(2)25(23,24)13-12-22-18-7-5-4-6-17(18)19-20-22/h4-11H,3,12-14H2,1-2H3. The van der Waals surface area contributed by atoms with Crippen molar-refractivity contribution in [2.45, 2.75) is 26.4 Å². The molecule has 0 aliphatic heterocycles. The van der Waals surface area contributed by atoms with E-state index in [0.717, 1.165) is 23.0 Å². The zero-order valence-corrected chi connectivity index (χ0v) is 15.3. The topological polar surface area (TPSA) is 68.1 Å². The SMILES string of the molecule is CCc1ccc(CN(C)S(=O)(=O)CCn2nnc3ccccc32)cc1. The number of sulfonamides is 1. The van der Waals surface area contributed by atoms with E-state index in [0.29, 0.717) is 6.54 Å². The normalized spacial score (nSPS) is 12.1. The van der Waals surface area contributed by atoms with Gasteiger partial charge in [0.1, 0.15) is 5.52 Å². The molecule has 0 bridgehead atoms. The van der Waals surface area contributed by atoms with Gasteiger partial charge in [-0.05, 0) is 29.7 Å². The molecule has 3 rings (SSSR count). The highest BCUT2D eigenvalue weighted by atomic mass is 32.2. The highest BCUT2D eigenvalue weighted by molar-refractivity contribution is 7.89. The molecule has 0 atom stereocenters. The van der Waals surface area contributed by atoms with E-state index in [9.17, 15) is 8.42 Å². The van der Waals surface area contributed by atoms with Gasteiger partial charge in [-0.15, -0.1) is 5.10 Å². The molecule has 1 heterocycles. The molecule has 0 radical (unpaired) electrons. The van der Waals surface area contributed by atoms with E-state index in [1.807, 2.05) is 48.5 Å². The number of nitrogens with zero attached hydrogens (tertiary/aromatic N) is 4. The highest BCUT2D eigenvalue weighted by Gasteiger charge is 2.19. The van der Waals surface area contributed by atoms with Crippen LogP contribution in [0, 0.1) is 0 Å². The molecule has 0 saturated carbocycles. The molecule has 0 fully saturated rings. The number of aromatic nitrogens is 3. The number of benzene rings is 2. The van der Waals surface area contributed by atoms with Gasteiger partial charge in [0.25, 0.3) is 0 Å². The lowest BCUT2D eigenvalue weighted by atomic mass is 10.1. The maximum absolute atomic E-state index is 12.6. The minimum absolute atomic E-state index is 0.0100. The first-order chi connectivity index (χ1) is 12.0. The molecule has 0 amide bonds. The first-order valence-electron chi connectivity index (χ1n) is 8.29. The van der Waals surface area contributed by atoms with Crippen LogP contribution in [0.3, 0.4) is 0 Å². The van der Waals surface area contributed by atoms with Crippen molar-refractivity contribution in [3.8, 4) is 0 Å². The molecule has 7 heteroatoms. The molecule has 0 unspecified atom stereocenters. The second-order valence-electron chi connectivity index (χ2n) is 6.04. The molecular weight excluding hydrogens is 336 g/mol. The molecule has 25 heavy (non-hydrogen) atoms. The fourth-order valence-corrected chi connectivity index (χ4v) is 3.74. The van der Waals surface area contributed by atoms with Crippen molar-refractivity contribution in [1.29, 1.82) is 0 Å². The van der Waals surface area contributed by atoms with Crippen molar-refractivity contribution in [1.82, 2.24) is 19.3 Å². The molecule has 0 N–H and O–H groups in total. The van der Waals surface area contributed by atoms with Crippen LogP contribution in [0.5, 0.6) is 0 Å². The van der Waals surface area contributed by atoms with Crippen LogP contribution in [0.4, 0.5) is 0 Å². The van der Waals surface area contributed by atoms with Crippen molar-refractivity contribution >= 4 is 21.1 Å². The van der Waals surface area contributed by atoms with E-state index in [1.165, 1.54) is 9.87 Å². The van der Waals surface area contributed by atoms with Crippen LogP contribution in [0.1, 0.15) is 18.1 Å². The van der Waals surface area contributed by atoms with E-state index in [-0.39, 0.29) is 12.3 Å². The molecule has 1 aromatic heterocycles. The molecule has 0 aliphatic rings. The summed E-state index contributed by atoms with van der Waals surface area (Å²) in [5, 5.41) is 8.10. The van der Waals surface area contributed by atoms with E-state index < -0.39 is 10.0 Å². The van der Waals surface area contributed by atoms with Gasteiger partial charge in [0.05, 0.1) is 17.8 Å².